The zero-order chi connectivity index (χ0) is 14.9. The first-order valence-corrected chi connectivity index (χ1v) is 7.30. The number of halogens is 1. The molecule has 1 atom stereocenters. The molecule has 1 N–H and O–H groups in total. The first kappa shape index (κ1) is 16.7. The molecule has 3 rings (SSSR count). The molecule has 6 nitrogen and oxygen atoms in total. The van der Waals surface area contributed by atoms with Crippen LogP contribution in [0.3, 0.4) is 0 Å². The van der Waals surface area contributed by atoms with Gasteiger partial charge >= 0.3 is 0 Å². The van der Waals surface area contributed by atoms with Gasteiger partial charge in [0.1, 0.15) is 0 Å². The molecule has 2 fully saturated rings. The van der Waals surface area contributed by atoms with Crippen molar-refractivity contribution in [3.63, 3.8) is 0 Å². The second kappa shape index (κ2) is 6.62. The maximum atomic E-state index is 12.3. The number of carbonyl (C=O) groups excluding carboxylic acids is 1. The Balaban J connectivity index is 0.00000176. The molecule has 0 bridgehead atoms. The average Bonchev–Trinajstić information content (AvgIpc) is 3.10. The SMILES string of the molecule is Cl.O=C(Cc1ccc([N+](=O)[O-])cc1)N1CCC2(CCNC2)C1. The summed E-state index contributed by atoms with van der Waals surface area (Å²) >= 11 is 0. The summed E-state index contributed by atoms with van der Waals surface area (Å²) in [4.78, 5) is 24.5. The van der Waals surface area contributed by atoms with Crippen LogP contribution < -0.4 is 5.32 Å². The van der Waals surface area contributed by atoms with E-state index in [9.17, 15) is 14.9 Å². The predicted molar refractivity (Wildman–Crippen MR) is 85.2 cm³/mol. The van der Waals surface area contributed by atoms with E-state index in [-0.39, 0.29) is 29.4 Å². The van der Waals surface area contributed by atoms with E-state index >= 15 is 0 Å². The number of nitrogens with zero attached hydrogens (tertiary/aromatic N) is 2. The van der Waals surface area contributed by atoms with Gasteiger partial charge in [0.2, 0.25) is 5.91 Å². The zero-order valence-corrected chi connectivity index (χ0v) is 13.1. The van der Waals surface area contributed by atoms with Crippen LogP contribution in [-0.4, -0.2) is 41.9 Å². The van der Waals surface area contributed by atoms with E-state index in [1.165, 1.54) is 12.1 Å². The highest BCUT2D eigenvalue weighted by atomic mass is 35.5. The van der Waals surface area contributed by atoms with Gasteiger partial charge in [-0.2, -0.15) is 0 Å². The molecule has 0 aromatic heterocycles. The smallest absolute Gasteiger partial charge is 0.269 e. The van der Waals surface area contributed by atoms with Crippen molar-refractivity contribution in [1.29, 1.82) is 0 Å². The summed E-state index contributed by atoms with van der Waals surface area (Å²) in [6.45, 7) is 3.72. The van der Waals surface area contributed by atoms with E-state index in [0.29, 0.717) is 6.42 Å². The highest BCUT2D eigenvalue weighted by Crippen LogP contribution is 2.36. The standard InChI is InChI=1S/C15H19N3O3.ClH/c19-14(9-12-1-3-13(4-2-12)18(20)21)17-8-6-15(11-17)5-7-16-10-15;/h1-4,16H,5-11H2;1H. The summed E-state index contributed by atoms with van der Waals surface area (Å²) in [6, 6.07) is 6.24. The Bertz CT molecular complexity index is 556. The first-order chi connectivity index (χ1) is 10.1. The van der Waals surface area contributed by atoms with Crippen molar-refractivity contribution in [2.24, 2.45) is 5.41 Å². The third kappa shape index (κ3) is 3.39. The minimum absolute atomic E-state index is 0. The van der Waals surface area contributed by atoms with E-state index in [1.54, 1.807) is 12.1 Å². The maximum absolute atomic E-state index is 12.3. The maximum Gasteiger partial charge on any atom is 0.269 e. The lowest BCUT2D eigenvalue weighted by molar-refractivity contribution is -0.384. The molecule has 0 radical (unpaired) electrons. The number of hydrogen-bond acceptors (Lipinski definition) is 4. The topological polar surface area (TPSA) is 75.5 Å². The highest BCUT2D eigenvalue weighted by molar-refractivity contribution is 5.85. The molecule has 1 aromatic rings. The van der Waals surface area contributed by atoms with Crippen molar-refractivity contribution in [2.45, 2.75) is 19.3 Å². The molecular formula is C15H20ClN3O3. The molecule has 2 aliphatic heterocycles. The molecular weight excluding hydrogens is 306 g/mol. The summed E-state index contributed by atoms with van der Waals surface area (Å²) in [5.41, 5.74) is 1.17. The molecule has 1 aromatic carbocycles. The summed E-state index contributed by atoms with van der Waals surface area (Å²) in [5, 5.41) is 14.0. The van der Waals surface area contributed by atoms with Gasteiger partial charge in [-0.15, -0.1) is 12.4 Å². The van der Waals surface area contributed by atoms with E-state index < -0.39 is 4.92 Å². The molecule has 0 saturated carbocycles. The van der Waals surface area contributed by atoms with Gasteiger partial charge in [0, 0.05) is 37.2 Å². The van der Waals surface area contributed by atoms with E-state index in [0.717, 1.165) is 44.6 Å². The fraction of sp³-hybridized carbons (Fsp3) is 0.533. The van der Waals surface area contributed by atoms with Crippen LogP contribution in [0.25, 0.3) is 0 Å². The normalized spacial score (nSPS) is 23.5. The van der Waals surface area contributed by atoms with Crippen LogP contribution in [0, 0.1) is 15.5 Å². The van der Waals surface area contributed by atoms with Gasteiger partial charge in [-0.25, -0.2) is 0 Å². The van der Waals surface area contributed by atoms with Crippen molar-refractivity contribution < 1.29 is 9.72 Å². The second-order valence-electron chi connectivity index (χ2n) is 6.09. The second-order valence-corrected chi connectivity index (χ2v) is 6.09. The Hall–Kier alpha value is -1.66. The number of nitrogens with one attached hydrogen (secondary N) is 1. The number of likely N-dealkylation sites (tertiary alicyclic amines) is 1. The number of amides is 1. The van der Waals surface area contributed by atoms with Gasteiger partial charge in [0.25, 0.3) is 5.69 Å². The number of nitro benzene ring substituents is 1. The Morgan fingerprint density at radius 3 is 2.64 bits per heavy atom. The van der Waals surface area contributed by atoms with Crippen molar-refractivity contribution >= 4 is 24.0 Å². The van der Waals surface area contributed by atoms with Gasteiger partial charge in [0.05, 0.1) is 11.3 Å². The zero-order valence-electron chi connectivity index (χ0n) is 12.3. The van der Waals surface area contributed by atoms with Gasteiger partial charge in [0.15, 0.2) is 0 Å². The number of rotatable bonds is 3. The van der Waals surface area contributed by atoms with Crippen molar-refractivity contribution in [1.82, 2.24) is 10.2 Å². The summed E-state index contributed by atoms with van der Waals surface area (Å²) in [7, 11) is 0. The predicted octanol–water partition coefficient (Wildman–Crippen LogP) is 1.77. The van der Waals surface area contributed by atoms with E-state index in [1.807, 2.05) is 4.90 Å². The Kier molecular flexibility index (Phi) is 5.03. The Labute approximate surface area is 135 Å². The van der Waals surface area contributed by atoms with Gasteiger partial charge in [-0.05, 0) is 24.9 Å². The summed E-state index contributed by atoms with van der Waals surface area (Å²) in [5.74, 6) is 0.118. The minimum atomic E-state index is -0.428. The molecule has 7 heteroatoms. The average molecular weight is 326 g/mol. The highest BCUT2D eigenvalue weighted by Gasteiger charge is 2.41. The molecule has 0 aliphatic carbocycles. The van der Waals surface area contributed by atoms with Crippen LogP contribution in [0.15, 0.2) is 24.3 Å². The van der Waals surface area contributed by atoms with Crippen LogP contribution >= 0.6 is 12.4 Å². The lowest BCUT2D eigenvalue weighted by Crippen LogP contribution is -2.34. The number of benzene rings is 1. The monoisotopic (exact) mass is 325 g/mol. The third-order valence-corrected chi connectivity index (χ3v) is 4.63. The first-order valence-electron chi connectivity index (χ1n) is 7.30. The van der Waals surface area contributed by atoms with Gasteiger partial charge < -0.3 is 10.2 Å². The quantitative estimate of drug-likeness (QED) is 0.679. The lowest BCUT2D eigenvalue weighted by Gasteiger charge is -2.22. The van der Waals surface area contributed by atoms with Crippen molar-refractivity contribution in [3.05, 3.63) is 39.9 Å². The molecule has 2 aliphatic rings. The van der Waals surface area contributed by atoms with Crippen LogP contribution in [0.5, 0.6) is 0 Å². The molecule has 2 saturated heterocycles. The number of non-ortho nitro benzene ring substituents is 1. The van der Waals surface area contributed by atoms with E-state index in [4.69, 9.17) is 0 Å². The molecule has 22 heavy (non-hydrogen) atoms. The molecule has 1 unspecified atom stereocenters. The van der Waals surface area contributed by atoms with Gasteiger partial charge in [-0.1, -0.05) is 12.1 Å². The fourth-order valence-electron chi connectivity index (χ4n) is 3.31. The van der Waals surface area contributed by atoms with Crippen LogP contribution in [-0.2, 0) is 11.2 Å². The molecule has 2 heterocycles. The van der Waals surface area contributed by atoms with Crippen LogP contribution in [0.1, 0.15) is 18.4 Å². The fourth-order valence-corrected chi connectivity index (χ4v) is 3.31. The van der Waals surface area contributed by atoms with Crippen LogP contribution in [0.2, 0.25) is 0 Å². The molecule has 1 spiro atoms. The molecule has 120 valence electrons. The Morgan fingerprint density at radius 2 is 2.05 bits per heavy atom. The number of carbonyl (C=O) groups is 1. The van der Waals surface area contributed by atoms with Crippen molar-refractivity contribution in [2.75, 3.05) is 26.2 Å². The Morgan fingerprint density at radius 1 is 1.32 bits per heavy atom. The largest absolute Gasteiger partial charge is 0.342 e. The summed E-state index contributed by atoms with van der Waals surface area (Å²) in [6.07, 6.45) is 2.54. The third-order valence-electron chi connectivity index (χ3n) is 4.63. The van der Waals surface area contributed by atoms with E-state index in [2.05, 4.69) is 5.32 Å². The molecule has 1 amide bonds. The minimum Gasteiger partial charge on any atom is -0.342 e. The lowest BCUT2D eigenvalue weighted by atomic mass is 9.86. The number of hydrogen-bond donors (Lipinski definition) is 1. The van der Waals surface area contributed by atoms with Gasteiger partial charge in [-0.3, -0.25) is 14.9 Å². The number of nitro groups is 1. The van der Waals surface area contributed by atoms with Crippen molar-refractivity contribution in [3.8, 4) is 0 Å². The summed E-state index contributed by atoms with van der Waals surface area (Å²) < 4.78 is 0. The van der Waals surface area contributed by atoms with Crippen LogP contribution in [0.4, 0.5) is 5.69 Å².